The molecule has 1 aliphatic heterocycles. The molecule has 1 saturated heterocycles. The Kier molecular flexibility index (Phi) is 7.34. The first kappa shape index (κ1) is 25.7. The van der Waals surface area contributed by atoms with Gasteiger partial charge < -0.3 is 14.4 Å². The largest absolute Gasteiger partial charge is 0.494 e. The first-order valence-electron chi connectivity index (χ1n) is 11.9. The van der Waals surface area contributed by atoms with Gasteiger partial charge >= 0.3 is 0 Å². The van der Waals surface area contributed by atoms with Crippen LogP contribution in [0.5, 0.6) is 11.5 Å². The normalized spacial score (nSPS) is 15.8. The zero-order valence-electron chi connectivity index (χ0n) is 20.8. The molecule has 38 heavy (non-hydrogen) atoms. The molecule has 13 heteroatoms. The predicted octanol–water partition coefficient (Wildman–Crippen LogP) is 3.81. The molecule has 1 fully saturated rings. The maximum Gasteiger partial charge on any atom is 0.243 e. The minimum Gasteiger partial charge on any atom is -0.494 e. The van der Waals surface area contributed by atoms with Crippen LogP contribution in [0.25, 0.3) is 17.1 Å². The highest BCUT2D eigenvalue weighted by Gasteiger charge is 2.34. The van der Waals surface area contributed by atoms with Crippen LogP contribution in [0.3, 0.4) is 0 Å². The molecule has 198 valence electrons. The summed E-state index contributed by atoms with van der Waals surface area (Å²) in [5.74, 6) is 1.80. The van der Waals surface area contributed by atoms with Gasteiger partial charge in [0.2, 0.25) is 21.9 Å². The zero-order chi connectivity index (χ0) is 26.7. The van der Waals surface area contributed by atoms with Gasteiger partial charge in [0.1, 0.15) is 17.2 Å². The van der Waals surface area contributed by atoms with E-state index >= 15 is 0 Å². The van der Waals surface area contributed by atoms with Crippen molar-refractivity contribution in [3.8, 4) is 28.6 Å². The lowest BCUT2D eigenvalue weighted by Crippen LogP contribution is -2.45. The van der Waals surface area contributed by atoms with E-state index < -0.39 is 15.3 Å². The van der Waals surface area contributed by atoms with Crippen molar-refractivity contribution in [2.45, 2.75) is 18.1 Å². The fourth-order valence-electron chi connectivity index (χ4n) is 4.44. The lowest BCUT2D eigenvalue weighted by Gasteiger charge is -2.32. The van der Waals surface area contributed by atoms with E-state index in [1.807, 2.05) is 35.2 Å². The molecule has 3 heterocycles. The summed E-state index contributed by atoms with van der Waals surface area (Å²) in [5, 5.41) is 8.27. The smallest absolute Gasteiger partial charge is 0.243 e. The maximum absolute atomic E-state index is 13.7. The number of hydrogen-bond donors (Lipinski definition) is 1. The third kappa shape index (κ3) is 5.09. The number of ether oxygens (including phenoxy) is 2. The fourth-order valence-corrected chi connectivity index (χ4v) is 5.94. The van der Waals surface area contributed by atoms with Crippen LogP contribution in [0.15, 0.2) is 60.9 Å². The molecule has 1 aliphatic rings. The molecule has 1 N–H and O–H groups in total. The second kappa shape index (κ2) is 10.8. The second-order valence-corrected chi connectivity index (χ2v) is 11.0. The van der Waals surface area contributed by atoms with Gasteiger partial charge in [-0.2, -0.15) is 0 Å². The first-order valence-corrected chi connectivity index (χ1v) is 13.8. The molecule has 2 aromatic carbocycles. The molecule has 0 aliphatic carbocycles. The molecule has 0 radical (unpaired) electrons. The summed E-state index contributed by atoms with van der Waals surface area (Å²) in [6, 6.07) is 14.7. The molecule has 2 aromatic heterocycles. The molecule has 0 amide bonds. The highest BCUT2D eigenvalue weighted by atomic mass is 35.5. The first-order chi connectivity index (χ1) is 18.4. The molecule has 0 bridgehead atoms. The number of rotatable bonds is 8. The van der Waals surface area contributed by atoms with E-state index in [9.17, 15) is 8.42 Å². The van der Waals surface area contributed by atoms with E-state index in [2.05, 4.69) is 24.9 Å². The number of para-hydroxylation sites is 1. The number of sulfonamides is 1. The lowest BCUT2D eigenvalue weighted by molar-refractivity contribution is 0.391. The highest BCUT2D eigenvalue weighted by Crippen LogP contribution is 2.38. The van der Waals surface area contributed by atoms with Crippen LogP contribution >= 0.6 is 11.6 Å². The molecule has 0 saturated carbocycles. The minimum absolute atomic E-state index is 0.0199. The average molecular weight is 556 g/mol. The molecular weight excluding hydrogens is 530 g/mol. The standard InChI is InChI=1S/C25H26ClN7O4S/c1-36-20-11-6-12-21(37-2)22(20)33-23(17-8-4-3-5-9-17)29-30-25(33)31-38(34,35)19-10-7-13-32(16-19)24-27-14-18(26)15-28-24/h3-6,8-9,11-12,14-15,19H,7,10,13,16H2,1-2H3,(H,30,31)/t19-/m1/s1. The number of piperidine rings is 1. The zero-order valence-corrected chi connectivity index (χ0v) is 22.4. The number of aromatic nitrogens is 5. The Morgan fingerprint density at radius 1 is 0.974 bits per heavy atom. The van der Waals surface area contributed by atoms with E-state index in [4.69, 9.17) is 21.1 Å². The Labute approximate surface area is 225 Å². The van der Waals surface area contributed by atoms with Crippen molar-refractivity contribution < 1.29 is 17.9 Å². The quantitative estimate of drug-likeness (QED) is 0.345. The monoisotopic (exact) mass is 555 g/mol. The highest BCUT2D eigenvalue weighted by molar-refractivity contribution is 7.93. The van der Waals surface area contributed by atoms with E-state index in [-0.39, 0.29) is 12.5 Å². The third-order valence-corrected chi connectivity index (χ3v) is 8.19. The number of nitrogens with one attached hydrogen (secondary N) is 1. The van der Waals surface area contributed by atoms with Gasteiger partial charge in [-0.25, -0.2) is 18.4 Å². The van der Waals surface area contributed by atoms with Gasteiger partial charge in [-0.15, -0.1) is 10.2 Å². The van der Waals surface area contributed by atoms with E-state index in [1.165, 1.54) is 26.6 Å². The van der Waals surface area contributed by atoms with Crippen molar-refractivity contribution in [2.75, 3.05) is 36.9 Å². The number of nitrogens with zero attached hydrogens (tertiary/aromatic N) is 6. The maximum atomic E-state index is 13.7. The van der Waals surface area contributed by atoms with Crippen molar-refractivity contribution >= 4 is 33.5 Å². The molecule has 0 unspecified atom stereocenters. The van der Waals surface area contributed by atoms with E-state index in [1.54, 1.807) is 22.8 Å². The van der Waals surface area contributed by atoms with Gasteiger partial charge in [0, 0.05) is 18.7 Å². The summed E-state index contributed by atoms with van der Waals surface area (Å²) in [5.41, 5.74) is 1.21. The number of methoxy groups -OCH3 is 2. The van der Waals surface area contributed by atoms with Crippen LogP contribution < -0.4 is 19.1 Å². The van der Waals surface area contributed by atoms with Crippen molar-refractivity contribution in [1.82, 2.24) is 24.7 Å². The molecule has 5 rings (SSSR count). The van der Waals surface area contributed by atoms with Crippen molar-refractivity contribution in [3.05, 3.63) is 65.9 Å². The summed E-state index contributed by atoms with van der Waals surface area (Å²) < 4.78 is 42.9. The van der Waals surface area contributed by atoms with E-state index in [0.717, 1.165) is 5.56 Å². The Morgan fingerprint density at radius 3 is 2.32 bits per heavy atom. The van der Waals surface area contributed by atoms with E-state index in [0.29, 0.717) is 53.4 Å². The minimum atomic E-state index is -3.90. The van der Waals surface area contributed by atoms with Crippen LogP contribution in [0.1, 0.15) is 12.8 Å². The van der Waals surface area contributed by atoms with Crippen molar-refractivity contribution in [3.63, 3.8) is 0 Å². The fraction of sp³-hybridized carbons (Fsp3) is 0.280. The van der Waals surface area contributed by atoms with Gasteiger partial charge in [-0.3, -0.25) is 9.29 Å². The molecule has 0 spiro atoms. The molecule has 4 aromatic rings. The van der Waals surface area contributed by atoms with Crippen LogP contribution in [0.2, 0.25) is 5.02 Å². The third-order valence-electron chi connectivity index (χ3n) is 6.26. The topological polar surface area (TPSA) is 124 Å². The number of halogens is 1. The number of hydrogen-bond acceptors (Lipinski definition) is 9. The molecule has 11 nitrogen and oxygen atoms in total. The van der Waals surface area contributed by atoms with Crippen LogP contribution in [0.4, 0.5) is 11.9 Å². The summed E-state index contributed by atoms with van der Waals surface area (Å²) in [6.07, 6.45) is 4.11. The Hall–Kier alpha value is -3.90. The summed E-state index contributed by atoms with van der Waals surface area (Å²) in [6.45, 7) is 0.856. The predicted molar refractivity (Wildman–Crippen MR) is 145 cm³/mol. The van der Waals surface area contributed by atoms with Gasteiger partial charge in [-0.05, 0) is 25.0 Å². The van der Waals surface area contributed by atoms with Gasteiger partial charge in [0.25, 0.3) is 0 Å². The summed E-state index contributed by atoms with van der Waals surface area (Å²) >= 11 is 5.91. The lowest BCUT2D eigenvalue weighted by atomic mass is 10.1. The van der Waals surface area contributed by atoms with Crippen molar-refractivity contribution in [1.29, 1.82) is 0 Å². The molecule has 1 atom stereocenters. The van der Waals surface area contributed by atoms with Gasteiger partial charge in [0.05, 0.1) is 36.9 Å². The van der Waals surface area contributed by atoms with Crippen LogP contribution in [-0.4, -0.2) is 65.7 Å². The molecular formula is C25H26ClN7O4S. The van der Waals surface area contributed by atoms with Crippen molar-refractivity contribution in [2.24, 2.45) is 0 Å². The number of anilines is 2. The average Bonchev–Trinajstić information content (AvgIpc) is 3.35. The van der Waals surface area contributed by atoms with Crippen LogP contribution in [-0.2, 0) is 10.0 Å². The Morgan fingerprint density at radius 2 is 1.66 bits per heavy atom. The van der Waals surface area contributed by atoms with Gasteiger partial charge in [-0.1, -0.05) is 48.0 Å². The van der Waals surface area contributed by atoms with Gasteiger partial charge in [0.15, 0.2) is 5.82 Å². The Balaban J connectivity index is 1.54. The summed E-state index contributed by atoms with van der Waals surface area (Å²) in [7, 11) is -0.838. The second-order valence-electron chi connectivity index (χ2n) is 8.62. The summed E-state index contributed by atoms with van der Waals surface area (Å²) in [4.78, 5) is 10.3. The van der Waals surface area contributed by atoms with Crippen LogP contribution in [0, 0.1) is 0 Å². The number of benzene rings is 2. The SMILES string of the molecule is COc1cccc(OC)c1-n1c(NS(=O)(=O)[C@@H]2CCCN(c3ncc(Cl)cn3)C2)nnc1-c1ccccc1. The Bertz CT molecular complexity index is 1490.